The molecule has 1 nitrogen and oxygen atoms in total. The highest BCUT2D eigenvalue weighted by atomic mass is 32.1. The maximum absolute atomic E-state index is 3.68. The van der Waals surface area contributed by atoms with E-state index in [-0.39, 0.29) is 0 Å². The van der Waals surface area contributed by atoms with Gasteiger partial charge in [-0.25, -0.2) is 0 Å². The molecule has 0 aliphatic rings. The highest BCUT2D eigenvalue weighted by Gasteiger charge is 2.12. The van der Waals surface area contributed by atoms with E-state index in [0.29, 0.717) is 6.04 Å². The first-order valence-corrected chi connectivity index (χ1v) is 7.91. The van der Waals surface area contributed by atoms with Gasteiger partial charge in [-0.15, -0.1) is 11.3 Å². The van der Waals surface area contributed by atoms with Gasteiger partial charge in [-0.3, -0.25) is 0 Å². The van der Waals surface area contributed by atoms with Crippen molar-refractivity contribution in [3.05, 3.63) is 57.3 Å². The molecule has 1 heterocycles. The van der Waals surface area contributed by atoms with Crippen LogP contribution in [0, 0.1) is 13.8 Å². The normalized spacial score (nSPS) is 12.6. The molecule has 0 aliphatic carbocycles. The zero-order valence-corrected chi connectivity index (χ0v) is 12.9. The zero-order chi connectivity index (χ0) is 13.7. The van der Waals surface area contributed by atoms with E-state index in [0.717, 1.165) is 13.0 Å². The molecule has 1 N–H and O–H groups in total. The molecule has 1 aromatic heterocycles. The number of thiophene rings is 1. The van der Waals surface area contributed by atoms with E-state index >= 15 is 0 Å². The summed E-state index contributed by atoms with van der Waals surface area (Å²) in [5.41, 5.74) is 4.16. The predicted molar refractivity (Wildman–Crippen MR) is 85.0 cm³/mol. The van der Waals surface area contributed by atoms with Crippen molar-refractivity contribution in [3.8, 4) is 0 Å². The first-order chi connectivity index (χ1) is 9.20. The molecular formula is C17H23NS. The van der Waals surface area contributed by atoms with Crippen molar-refractivity contribution < 1.29 is 0 Å². The van der Waals surface area contributed by atoms with Gasteiger partial charge in [-0.05, 0) is 54.9 Å². The molecule has 0 saturated carbocycles. The van der Waals surface area contributed by atoms with Gasteiger partial charge in [0.2, 0.25) is 0 Å². The van der Waals surface area contributed by atoms with Gasteiger partial charge in [-0.2, -0.15) is 0 Å². The van der Waals surface area contributed by atoms with E-state index in [1.807, 2.05) is 11.3 Å². The Hall–Kier alpha value is -1.12. The van der Waals surface area contributed by atoms with E-state index in [1.165, 1.54) is 28.0 Å². The fourth-order valence-electron chi connectivity index (χ4n) is 2.24. The molecule has 102 valence electrons. The van der Waals surface area contributed by atoms with E-state index < -0.39 is 0 Å². The summed E-state index contributed by atoms with van der Waals surface area (Å²) >= 11 is 1.85. The Morgan fingerprint density at radius 1 is 1.16 bits per heavy atom. The van der Waals surface area contributed by atoms with Crippen molar-refractivity contribution in [2.45, 2.75) is 39.7 Å². The van der Waals surface area contributed by atoms with Crippen molar-refractivity contribution in [1.82, 2.24) is 5.32 Å². The molecule has 2 heteroatoms. The summed E-state index contributed by atoms with van der Waals surface area (Å²) in [5.74, 6) is 0. The van der Waals surface area contributed by atoms with Gasteiger partial charge in [0.15, 0.2) is 0 Å². The zero-order valence-electron chi connectivity index (χ0n) is 12.1. The van der Waals surface area contributed by atoms with Crippen LogP contribution in [0.1, 0.15) is 41.0 Å². The lowest BCUT2D eigenvalue weighted by Gasteiger charge is -2.19. The average Bonchev–Trinajstić information content (AvgIpc) is 2.91. The summed E-state index contributed by atoms with van der Waals surface area (Å²) in [6, 6.07) is 11.6. The molecule has 1 unspecified atom stereocenters. The van der Waals surface area contributed by atoms with Crippen molar-refractivity contribution in [1.29, 1.82) is 0 Å². The van der Waals surface area contributed by atoms with Crippen LogP contribution in [0.15, 0.2) is 35.7 Å². The number of benzene rings is 1. The third-order valence-corrected chi connectivity index (χ3v) is 4.46. The van der Waals surface area contributed by atoms with Gasteiger partial charge >= 0.3 is 0 Å². The lowest BCUT2D eigenvalue weighted by atomic mass is 9.98. The standard InChI is InChI=1S/C17H23NS/c1-4-9-18-17(12-16-6-5-10-19-16)15-8-7-13(2)14(3)11-15/h5-8,10-11,17-18H,4,9,12H2,1-3H3. The van der Waals surface area contributed by atoms with Crippen LogP contribution in [0.2, 0.25) is 0 Å². The van der Waals surface area contributed by atoms with E-state index in [1.54, 1.807) is 0 Å². The van der Waals surface area contributed by atoms with Gasteiger partial charge in [-0.1, -0.05) is 31.2 Å². The number of aryl methyl sites for hydroxylation is 2. The van der Waals surface area contributed by atoms with Crippen LogP contribution in [0.5, 0.6) is 0 Å². The van der Waals surface area contributed by atoms with Gasteiger partial charge in [0.25, 0.3) is 0 Å². The SMILES string of the molecule is CCCNC(Cc1cccs1)c1ccc(C)c(C)c1. The first-order valence-electron chi connectivity index (χ1n) is 7.03. The summed E-state index contributed by atoms with van der Waals surface area (Å²) in [7, 11) is 0. The lowest BCUT2D eigenvalue weighted by molar-refractivity contribution is 0.532. The van der Waals surface area contributed by atoms with Crippen molar-refractivity contribution in [3.63, 3.8) is 0 Å². The molecule has 0 bridgehead atoms. The van der Waals surface area contributed by atoms with Gasteiger partial charge in [0.05, 0.1) is 0 Å². The third kappa shape index (κ3) is 3.92. The molecule has 0 amide bonds. The second kappa shape index (κ2) is 6.88. The summed E-state index contributed by atoms with van der Waals surface area (Å²) in [5, 5.41) is 5.84. The second-order valence-electron chi connectivity index (χ2n) is 5.13. The van der Waals surface area contributed by atoms with Gasteiger partial charge in [0, 0.05) is 17.3 Å². The molecule has 0 saturated heterocycles. The Kier molecular flexibility index (Phi) is 5.17. The number of hydrogen-bond donors (Lipinski definition) is 1. The Bertz CT molecular complexity index is 502. The van der Waals surface area contributed by atoms with E-state index in [9.17, 15) is 0 Å². The largest absolute Gasteiger partial charge is 0.310 e. The van der Waals surface area contributed by atoms with Gasteiger partial charge in [0.1, 0.15) is 0 Å². The van der Waals surface area contributed by atoms with Crippen LogP contribution in [0.25, 0.3) is 0 Å². The topological polar surface area (TPSA) is 12.0 Å². The molecule has 1 aromatic carbocycles. The minimum absolute atomic E-state index is 0.429. The Balaban J connectivity index is 2.18. The minimum atomic E-state index is 0.429. The Labute approximate surface area is 120 Å². The van der Waals surface area contributed by atoms with Crippen LogP contribution in [0.4, 0.5) is 0 Å². The summed E-state index contributed by atoms with van der Waals surface area (Å²) in [4.78, 5) is 1.45. The van der Waals surface area contributed by atoms with E-state index in [2.05, 4.69) is 61.8 Å². The van der Waals surface area contributed by atoms with Crippen LogP contribution >= 0.6 is 11.3 Å². The molecule has 2 aromatic rings. The highest BCUT2D eigenvalue weighted by molar-refractivity contribution is 7.09. The molecule has 0 spiro atoms. The fraction of sp³-hybridized carbons (Fsp3) is 0.412. The summed E-state index contributed by atoms with van der Waals surface area (Å²) in [6.45, 7) is 7.66. The highest BCUT2D eigenvalue weighted by Crippen LogP contribution is 2.23. The fourth-order valence-corrected chi connectivity index (χ4v) is 2.99. The van der Waals surface area contributed by atoms with Crippen molar-refractivity contribution >= 4 is 11.3 Å². The maximum atomic E-state index is 3.68. The maximum Gasteiger partial charge on any atom is 0.0368 e. The summed E-state index contributed by atoms with van der Waals surface area (Å²) in [6.07, 6.45) is 2.26. The predicted octanol–water partition coefficient (Wildman–Crippen LogP) is 4.65. The second-order valence-corrected chi connectivity index (χ2v) is 6.17. The third-order valence-electron chi connectivity index (χ3n) is 3.56. The van der Waals surface area contributed by atoms with Crippen LogP contribution in [-0.2, 0) is 6.42 Å². The molecule has 19 heavy (non-hydrogen) atoms. The minimum Gasteiger partial charge on any atom is -0.310 e. The number of hydrogen-bond acceptors (Lipinski definition) is 2. The molecule has 2 rings (SSSR count). The lowest BCUT2D eigenvalue weighted by Crippen LogP contribution is -2.24. The Morgan fingerprint density at radius 3 is 2.63 bits per heavy atom. The van der Waals surface area contributed by atoms with Crippen molar-refractivity contribution in [2.75, 3.05) is 6.54 Å². The molecular weight excluding hydrogens is 250 g/mol. The molecule has 0 radical (unpaired) electrons. The van der Waals surface area contributed by atoms with Crippen molar-refractivity contribution in [2.24, 2.45) is 0 Å². The van der Waals surface area contributed by atoms with Crippen LogP contribution < -0.4 is 5.32 Å². The average molecular weight is 273 g/mol. The molecule has 1 atom stereocenters. The first kappa shape index (κ1) is 14.3. The number of rotatable bonds is 6. The smallest absolute Gasteiger partial charge is 0.0368 e. The molecule has 0 fully saturated rings. The van der Waals surface area contributed by atoms with Crippen LogP contribution in [-0.4, -0.2) is 6.54 Å². The number of nitrogens with one attached hydrogen (secondary N) is 1. The molecule has 0 aliphatic heterocycles. The van der Waals surface area contributed by atoms with Gasteiger partial charge < -0.3 is 5.32 Å². The monoisotopic (exact) mass is 273 g/mol. The summed E-state index contributed by atoms with van der Waals surface area (Å²) < 4.78 is 0. The van der Waals surface area contributed by atoms with Crippen LogP contribution in [0.3, 0.4) is 0 Å². The van der Waals surface area contributed by atoms with E-state index in [4.69, 9.17) is 0 Å². The Morgan fingerprint density at radius 2 is 2.00 bits per heavy atom. The quantitative estimate of drug-likeness (QED) is 0.808.